The second-order valence-electron chi connectivity index (χ2n) is 6.17. The van der Waals surface area contributed by atoms with Gasteiger partial charge in [-0.15, -0.1) is 11.8 Å². The Morgan fingerprint density at radius 1 is 1.35 bits per heavy atom. The van der Waals surface area contributed by atoms with Gasteiger partial charge in [0.1, 0.15) is 10.1 Å². The highest BCUT2D eigenvalue weighted by Gasteiger charge is 2.32. The highest BCUT2D eigenvalue weighted by atomic mass is 35.5. The van der Waals surface area contributed by atoms with E-state index >= 15 is 0 Å². The van der Waals surface area contributed by atoms with E-state index in [1.807, 2.05) is 0 Å². The Labute approximate surface area is 161 Å². The summed E-state index contributed by atoms with van der Waals surface area (Å²) >= 11 is 7.49. The molecule has 2 aliphatic rings. The van der Waals surface area contributed by atoms with E-state index in [4.69, 9.17) is 16.3 Å². The van der Waals surface area contributed by atoms with Crippen LogP contribution in [0.4, 0.5) is 0 Å². The van der Waals surface area contributed by atoms with Crippen LogP contribution in [0.2, 0.25) is 5.02 Å². The number of rotatable bonds is 5. The van der Waals surface area contributed by atoms with E-state index in [1.54, 1.807) is 0 Å². The lowest BCUT2D eigenvalue weighted by Gasteiger charge is -2.31. The Morgan fingerprint density at radius 3 is 2.73 bits per heavy atom. The number of esters is 1. The molecule has 7 nitrogen and oxygen atoms in total. The molecule has 1 saturated heterocycles. The van der Waals surface area contributed by atoms with Crippen molar-refractivity contribution in [3.8, 4) is 0 Å². The molecule has 2 fully saturated rings. The normalized spacial score (nSPS) is 20.7. The first-order valence-electron chi connectivity index (χ1n) is 8.12. The van der Waals surface area contributed by atoms with Crippen LogP contribution in [-0.2, 0) is 19.6 Å². The summed E-state index contributed by atoms with van der Waals surface area (Å²) in [6.45, 7) is 0.698. The number of carbonyl (C=O) groups excluding carboxylic acids is 2. The molecule has 1 amide bonds. The molecule has 10 heteroatoms. The number of sulfonamides is 1. The predicted molar refractivity (Wildman–Crippen MR) is 99.0 cm³/mol. The largest absolute Gasteiger partial charge is 0.468 e. The number of hydrogen-bond acceptors (Lipinski definition) is 6. The summed E-state index contributed by atoms with van der Waals surface area (Å²) in [5.41, 5.74) is 0.223. The minimum atomic E-state index is -3.77. The minimum absolute atomic E-state index is 0.0599. The second-order valence-corrected chi connectivity index (χ2v) is 9.57. The van der Waals surface area contributed by atoms with Crippen LogP contribution in [0.3, 0.4) is 0 Å². The first-order chi connectivity index (χ1) is 12.3. The molecule has 0 unspecified atom stereocenters. The van der Waals surface area contributed by atoms with Crippen LogP contribution < -0.4 is 4.72 Å². The quantitative estimate of drug-likeness (QED) is 0.728. The van der Waals surface area contributed by atoms with E-state index in [1.165, 1.54) is 42.0 Å². The zero-order valence-electron chi connectivity index (χ0n) is 14.1. The van der Waals surface area contributed by atoms with Crippen molar-refractivity contribution in [1.29, 1.82) is 0 Å². The van der Waals surface area contributed by atoms with Crippen molar-refractivity contribution >= 4 is 45.3 Å². The van der Waals surface area contributed by atoms with Crippen LogP contribution >= 0.6 is 23.4 Å². The summed E-state index contributed by atoms with van der Waals surface area (Å²) in [5.74, 6) is -0.104. The molecule has 0 spiro atoms. The van der Waals surface area contributed by atoms with Crippen molar-refractivity contribution in [3.63, 3.8) is 0 Å². The van der Waals surface area contributed by atoms with Crippen molar-refractivity contribution in [2.45, 2.75) is 29.0 Å². The zero-order valence-corrected chi connectivity index (χ0v) is 16.5. The van der Waals surface area contributed by atoms with Gasteiger partial charge in [-0.05, 0) is 31.0 Å². The van der Waals surface area contributed by atoms with Gasteiger partial charge >= 0.3 is 5.97 Å². The number of ether oxygens (including phenoxy) is 1. The van der Waals surface area contributed by atoms with Crippen LogP contribution in [0.1, 0.15) is 23.2 Å². The number of benzene rings is 1. The maximum Gasteiger partial charge on any atom is 0.320 e. The van der Waals surface area contributed by atoms with Gasteiger partial charge in [-0.3, -0.25) is 9.59 Å². The summed E-state index contributed by atoms with van der Waals surface area (Å²) in [6.07, 6.45) is 1.60. The van der Waals surface area contributed by atoms with Crippen molar-refractivity contribution in [1.82, 2.24) is 9.62 Å². The van der Waals surface area contributed by atoms with Gasteiger partial charge in [-0.2, -0.15) is 0 Å². The van der Waals surface area contributed by atoms with E-state index in [2.05, 4.69) is 4.72 Å². The summed E-state index contributed by atoms with van der Waals surface area (Å²) in [5, 5.41) is -0.374. The van der Waals surface area contributed by atoms with Crippen molar-refractivity contribution < 1.29 is 22.7 Å². The molecule has 1 atom stereocenters. The van der Waals surface area contributed by atoms with Gasteiger partial charge in [0.15, 0.2) is 0 Å². The van der Waals surface area contributed by atoms with Gasteiger partial charge in [-0.25, -0.2) is 13.1 Å². The number of nitrogens with zero attached hydrogens (tertiary/aromatic N) is 1. The molecule has 1 aliphatic carbocycles. The highest BCUT2D eigenvalue weighted by Crippen LogP contribution is 2.28. The molecule has 1 saturated carbocycles. The Morgan fingerprint density at radius 2 is 2.08 bits per heavy atom. The second kappa shape index (κ2) is 7.75. The Hall–Kier alpha value is -1.29. The van der Waals surface area contributed by atoms with Gasteiger partial charge in [0.2, 0.25) is 10.0 Å². The first kappa shape index (κ1) is 19.5. The molecular formula is C16H19ClN2O5S2. The molecule has 1 aliphatic heterocycles. The van der Waals surface area contributed by atoms with E-state index in [-0.39, 0.29) is 39.9 Å². The average Bonchev–Trinajstić information content (AvgIpc) is 3.44. The fourth-order valence-corrected chi connectivity index (χ4v) is 5.58. The van der Waals surface area contributed by atoms with E-state index in [0.29, 0.717) is 12.3 Å². The maximum atomic E-state index is 12.8. The third-order valence-corrected chi connectivity index (χ3v) is 7.35. The van der Waals surface area contributed by atoms with Crippen LogP contribution in [-0.4, -0.2) is 62.4 Å². The molecule has 0 bridgehead atoms. The van der Waals surface area contributed by atoms with Crippen molar-refractivity contribution in [2.24, 2.45) is 0 Å². The number of methoxy groups -OCH3 is 1. The zero-order chi connectivity index (χ0) is 18.9. The van der Waals surface area contributed by atoms with Gasteiger partial charge in [0.05, 0.1) is 12.1 Å². The molecule has 1 aromatic rings. The molecule has 142 valence electrons. The number of hydrogen-bond donors (Lipinski definition) is 1. The lowest BCUT2D eigenvalue weighted by atomic mass is 10.2. The lowest BCUT2D eigenvalue weighted by molar-refractivity contribution is -0.140. The third-order valence-electron chi connectivity index (χ3n) is 4.18. The fraction of sp³-hybridized carbons (Fsp3) is 0.500. The summed E-state index contributed by atoms with van der Waals surface area (Å²) in [6, 6.07) is 4.14. The SMILES string of the molecule is COC(=O)[C@H]1CN(C(=O)c2ccc(Cl)c(S(=O)(=O)NC3CC3)c2)CCS1. The van der Waals surface area contributed by atoms with E-state index < -0.39 is 15.3 Å². The molecule has 1 N–H and O–H groups in total. The topological polar surface area (TPSA) is 92.8 Å². The molecule has 3 rings (SSSR count). The van der Waals surface area contributed by atoms with Crippen LogP contribution in [0.15, 0.2) is 23.1 Å². The Bertz CT molecular complexity index is 826. The van der Waals surface area contributed by atoms with Crippen molar-refractivity contribution in [2.75, 3.05) is 26.0 Å². The third kappa shape index (κ3) is 4.33. The summed E-state index contributed by atoms with van der Waals surface area (Å²) in [7, 11) is -2.46. The molecule has 26 heavy (non-hydrogen) atoms. The van der Waals surface area contributed by atoms with Crippen LogP contribution in [0.5, 0.6) is 0 Å². The first-order valence-corrected chi connectivity index (χ1v) is 11.0. The standard InChI is InChI=1S/C16H19ClN2O5S2/c1-24-16(21)13-9-19(6-7-25-13)15(20)10-2-5-12(17)14(8-10)26(22,23)18-11-3-4-11/h2,5,8,11,13,18H,3-4,6-7,9H2,1H3/t13-/m1/s1. The number of nitrogens with one attached hydrogen (secondary N) is 1. The molecule has 0 aromatic heterocycles. The summed E-state index contributed by atoms with van der Waals surface area (Å²) < 4.78 is 32.2. The fourth-order valence-electron chi connectivity index (χ4n) is 2.62. The summed E-state index contributed by atoms with van der Waals surface area (Å²) in [4.78, 5) is 25.9. The van der Waals surface area contributed by atoms with Gasteiger partial charge in [0.25, 0.3) is 5.91 Å². The van der Waals surface area contributed by atoms with E-state index in [0.717, 1.165) is 12.8 Å². The molecule has 1 heterocycles. The van der Waals surface area contributed by atoms with Crippen LogP contribution in [0.25, 0.3) is 0 Å². The number of halogens is 1. The van der Waals surface area contributed by atoms with Crippen molar-refractivity contribution in [3.05, 3.63) is 28.8 Å². The molecule has 1 aromatic carbocycles. The Kier molecular flexibility index (Phi) is 5.81. The van der Waals surface area contributed by atoms with Gasteiger partial charge in [-0.1, -0.05) is 11.6 Å². The monoisotopic (exact) mass is 418 g/mol. The number of amides is 1. The van der Waals surface area contributed by atoms with E-state index in [9.17, 15) is 18.0 Å². The predicted octanol–water partition coefficient (Wildman–Crippen LogP) is 1.51. The lowest BCUT2D eigenvalue weighted by Crippen LogP contribution is -2.45. The van der Waals surface area contributed by atoms with Crippen LogP contribution in [0, 0.1) is 0 Å². The maximum absolute atomic E-state index is 12.8. The molecular weight excluding hydrogens is 400 g/mol. The number of carbonyl (C=O) groups is 2. The Balaban J connectivity index is 1.81. The average molecular weight is 419 g/mol. The smallest absolute Gasteiger partial charge is 0.320 e. The number of thioether (sulfide) groups is 1. The highest BCUT2D eigenvalue weighted by molar-refractivity contribution is 8.00. The van der Waals surface area contributed by atoms with Gasteiger partial charge < -0.3 is 9.64 Å². The molecule has 0 radical (unpaired) electrons. The minimum Gasteiger partial charge on any atom is -0.468 e. The van der Waals surface area contributed by atoms with Gasteiger partial charge in [0, 0.05) is 30.4 Å².